The topological polar surface area (TPSA) is 65.1 Å². The lowest BCUT2D eigenvalue weighted by molar-refractivity contribution is -0.181. The Kier molecular flexibility index (Phi) is 6.11. The number of ether oxygens (including phenoxy) is 3. The summed E-state index contributed by atoms with van der Waals surface area (Å²) < 4.78 is 46.3. The highest BCUT2D eigenvalue weighted by Gasteiger charge is 2.52. The Balaban J connectivity index is 1.61. The second-order valence-corrected chi connectivity index (χ2v) is 11.9. The van der Waals surface area contributed by atoms with Gasteiger partial charge in [0, 0.05) is 38.0 Å². The Labute approximate surface area is 186 Å². The Morgan fingerprint density at radius 2 is 1.77 bits per heavy atom. The fraction of sp³-hybridized carbons (Fsp3) is 0.667. The van der Waals surface area contributed by atoms with Gasteiger partial charge in [-0.2, -0.15) is 4.31 Å². The van der Waals surface area contributed by atoms with Crippen LogP contribution in [0.1, 0.15) is 52.5 Å². The lowest BCUT2D eigenvalue weighted by Gasteiger charge is -2.49. The molecule has 172 valence electrons. The van der Waals surface area contributed by atoms with Gasteiger partial charge < -0.3 is 14.2 Å². The number of sulfonamides is 1. The van der Waals surface area contributed by atoms with Gasteiger partial charge in [0.15, 0.2) is 5.79 Å². The van der Waals surface area contributed by atoms with E-state index < -0.39 is 15.8 Å². The van der Waals surface area contributed by atoms with Crippen molar-refractivity contribution in [2.24, 2.45) is 5.41 Å². The van der Waals surface area contributed by atoms with Gasteiger partial charge in [-0.1, -0.05) is 44.6 Å². The smallest absolute Gasteiger partial charge is 0.243 e. The molecule has 1 saturated heterocycles. The van der Waals surface area contributed by atoms with Crippen LogP contribution in [0.15, 0.2) is 40.8 Å². The number of rotatable bonds is 5. The van der Waals surface area contributed by atoms with Crippen LogP contribution in [0.5, 0.6) is 0 Å². The third kappa shape index (κ3) is 4.35. The number of fused-ring (bicyclic) bond motifs is 1. The normalized spacial score (nSPS) is 26.6. The molecule has 1 atom stereocenters. The first-order chi connectivity index (χ1) is 14.6. The van der Waals surface area contributed by atoms with Crippen molar-refractivity contribution in [2.45, 2.75) is 63.1 Å². The second kappa shape index (κ2) is 8.27. The lowest BCUT2D eigenvalue weighted by atomic mass is 9.67. The molecule has 2 aliphatic heterocycles. The van der Waals surface area contributed by atoms with Crippen LogP contribution in [0.3, 0.4) is 0 Å². The lowest BCUT2D eigenvalue weighted by Crippen LogP contribution is -2.53. The van der Waals surface area contributed by atoms with Crippen LogP contribution in [0.25, 0.3) is 0 Å². The van der Waals surface area contributed by atoms with E-state index in [-0.39, 0.29) is 10.8 Å². The summed E-state index contributed by atoms with van der Waals surface area (Å²) in [6.45, 7) is 11.5. The van der Waals surface area contributed by atoms with Crippen LogP contribution in [0.4, 0.5) is 0 Å². The molecule has 2 heterocycles. The van der Waals surface area contributed by atoms with Crippen LogP contribution < -0.4 is 0 Å². The molecule has 7 heteroatoms. The van der Waals surface area contributed by atoms with Gasteiger partial charge in [0.25, 0.3) is 0 Å². The van der Waals surface area contributed by atoms with Crippen molar-refractivity contribution in [2.75, 3.05) is 39.5 Å². The van der Waals surface area contributed by atoms with E-state index in [0.29, 0.717) is 50.8 Å². The molecule has 1 aromatic rings. The highest BCUT2D eigenvalue weighted by Crippen LogP contribution is 2.50. The number of benzene rings is 1. The fourth-order valence-electron chi connectivity index (χ4n) is 4.95. The van der Waals surface area contributed by atoms with Crippen LogP contribution in [-0.2, 0) is 29.6 Å². The molecule has 2 fully saturated rings. The highest BCUT2D eigenvalue weighted by molar-refractivity contribution is 7.89. The van der Waals surface area contributed by atoms with Crippen molar-refractivity contribution in [1.82, 2.24) is 4.31 Å². The van der Waals surface area contributed by atoms with E-state index in [1.54, 1.807) is 16.4 Å². The Morgan fingerprint density at radius 1 is 1.10 bits per heavy atom. The number of hydrogen-bond acceptors (Lipinski definition) is 5. The standard InChI is InChI=1S/C24H35NO5S/c1-5-28-18-23-11-12-24(29-14-15-30-24)16-20(23)10-13-25(17-23)31(26,27)21-8-6-19(7-9-21)22(2,3)4/h6-10H,5,11-18H2,1-4H3. The van der Waals surface area contributed by atoms with Crippen LogP contribution >= 0.6 is 0 Å². The Morgan fingerprint density at radius 3 is 2.39 bits per heavy atom. The zero-order valence-corrected chi connectivity index (χ0v) is 20.0. The Hall–Kier alpha value is -1.25. The summed E-state index contributed by atoms with van der Waals surface area (Å²) in [6, 6.07) is 7.32. The minimum atomic E-state index is -3.59. The summed E-state index contributed by atoms with van der Waals surface area (Å²) in [5, 5.41) is 0. The molecular weight excluding hydrogens is 414 g/mol. The van der Waals surface area contributed by atoms with Gasteiger partial charge in [-0.05, 0) is 36.5 Å². The minimum Gasteiger partial charge on any atom is -0.381 e. The molecule has 1 saturated carbocycles. The average molecular weight is 450 g/mol. The fourth-order valence-corrected chi connectivity index (χ4v) is 6.42. The molecule has 3 aliphatic rings. The molecule has 1 aromatic carbocycles. The van der Waals surface area contributed by atoms with E-state index in [0.717, 1.165) is 18.4 Å². The van der Waals surface area contributed by atoms with E-state index in [1.807, 2.05) is 19.1 Å². The summed E-state index contributed by atoms with van der Waals surface area (Å²) in [5.41, 5.74) is 1.99. The first-order valence-electron chi connectivity index (χ1n) is 11.3. The summed E-state index contributed by atoms with van der Waals surface area (Å²) in [4.78, 5) is 0.346. The van der Waals surface area contributed by atoms with E-state index in [1.165, 1.54) is 5.57 Å². The molecule has 0 amide bonds. The van der Waals surface area contributed by atoms with Crippen LogP contribution in [-0.4, -0.2) is 58.0 Å². The molecule has 6 nitrogen and oxygen atoms in total. The van der Waals surface area contributed by atoms with Gasteiger partial charge in [0.05, 0.1) is 24.7 Å². The van der Waals surface area contributed by atoms with Crippen molar-refractivity contribution in [1.29, 1.82) is 0 Å². The molecule has 0 radical (unpaired) electrons. The minimum absolute atomic E-state index is 0.0188. The SMILES string of the molecule is CCOCC12CCC3(CC1=CCN(S(=O)(=O)c1ccc(C(C)(C)C)cc1)C2)OCCO3. The quantitative estimate of drug-likeness (QED) is 0.639. The molecule has 1 aliphatic carbocycles. The first-order valence-corrected chi connectivity index (χ1v) is 12.7. The van der Waals surface area contributed by atoms with E-state index in [2.05, 4.69) is 26.8 Å². The summed E-state index contributed by atoms with van der Waals surface area (Å²) in [6.07, 6.45) is 4.29. The summed E-state index contributed by atoms with van der Waals surface area (Å²) >= 11 is 0. The molecule has 0 bridgehead atoms. The van der Waals surface area contributed by atoms with E-state index >= 15 is 0 Å². The predicted molar refractivity (Wildman–Crippen MR) is 119 cm³/mol. The molecule has 0 N–H and O–H groups in total. The summed E-state index contributed by atoms with van der Waals surface area (Å²) in [5.74, 6) is -0.536. The van der Waals surface area contributed by atoms with Crippen molar-refractivity contribution in [3.05, 3.63) is 41.5 Å². The van der Waals surface area contributed by atoms with E-state index in [9.17, 15) is 8.42 Å². The number of nitrogens with zero attached hydrogens (tertiary/aromatic N) is 1. The predicted octanol–water partition coefficient (Wildman–Crippen LogP) is 3.86. The molecular formula is C24H35NO5S. The van der Waals surface area contributed by atoms with Crippen LogP contribution in [0, 0.1) is 5.41 Å². The molecule has 1 unspecified atom stereocenters. The van der Waals surface area contributed by atoms with Gasteiger partial charge in [0.2, 0.25) is 10.0 Å². The summed E-state index contributed by atoms with van der Waals surface area (Å²) in [7, 11) is -3.59. The van der Waals surface area contributed by atoms with E-state index in [4.69, 9.17) is 14.2 Å². The Bertz CT molecular complexity index is 926. The molecule has 4 rings (SSSR count). The maximum atomic E-state index is 13.5. The molecule has 31 heavy (non-hydrogen) atoms. The first kappa shape index (κ1) is 22.9. The third-order valence-electron chi connectivity index (χ3n) is 6.90. The van der Waals surface area contributed by atoms with Gasteiger partial charge in [-0.25, -0.2) is 8.42 Å². The second-order valence-electron chi connectivity index (χ2n) is 10.0. The largest absolute Gasteiger partial charge is 0.381 e. The monoisotopic (exact) mass is 449 g/mol. The highest BCUT2D eigenvalue weighted by atomic mass is 32.2. The van der Waals surface area contributed by atoms with Gasteiger partial charge in [0.1, 0.15) is 0 Å². The zero-order chi connectivity index (χ0) is 22.3. The van der Waals surface area contributed by atoms with Crippen molar-refractivity contribution < 1.29 is 22.6 Å². The van der Waals surface area contributed by atoms with Crippen molar-refractivity contribution in [3.8, 4) is 0 Å². The van der Waals surface area contributed by atoms with Crippen molar-refractivity contribution in [3.63, 3.8) is 0 Å². The number of hydrogen-bond donors (Lipinski definition) is 0. The van der Waals surface area contributed by atoms with Crippen LogP contribution in [0.2, 0.25) is 0 Å². The maximum Gasteiger partial charge on any atom is 0.243 e. The molecule has 0 aromatic heterocycles. The average Bonchev–Trinajstić information content (AvgIpc) is 3.19. The van der Waals surface area contributed by atoms with Gasteiger partial charge in [-0.15, -0.1) is 0 Å². The van der Waals surface area contributed by atoms with Gasteiger partial charge >= 0.3 is 0 Å². The third-order valence-corrected chi connectivity index (χ3v) is 8.73. The zero-order valence-electron chi connectivity index (χ0n) is 19.1. The van der Waals surface area contributed by atoms with Gasteiger partial charge in [-0.3, -0.25) is 0 Å². The maximum absolute atomic E-state index is 13.5. The molecule has 1 spiro atoms. The van der Waals surface area contributed by atoms with Crippen molar-refractivity contribution >= 4 is 10.0 Å².